The first-order chi connectivity index (χ1) is 9.27. The topological polar surface area (TPSA) is 44.8 Å². The monoisotopic (exact) mass is 264 g/mol. The van der Waals surface area contributed by atoms with Gasteiger partial charge in [0.05, 0.1) is 20.3 Å². The molecule has 0 saturated heterocycles. The van der Waals surface area contributed by atoms with Crippen molar-refractivity contribution in [3.05, 3.63) is 42.0 Å². The molecule has 0 N–H and O–H groups in total. The van der Waals surface area contributed by atoms with Gasteiger partial charge >= 0.3 is 5.97 Å². The number of benzene rings is 1. The summed E-state index contributed by atoms with van der Waals surface area (Å²) in [6.45, 7) is 3.25. The molecule has 0 aliphatic heterocycles. The molecule has 19 heavy (non-hydrogen) atoms. The highest BCUT2D eigenvalue weighted by Crippen LogP contribution is 2.07. The van der Waals surface area contributed by atoms with E-state index < -0.39 is 0 Å². The molecular weight excluding hydrogens is 244 g/mol. The largest absolute Gasteiger partial charge is 0.491 e. The van der Waals surface area contributed by atoms with Crippen molar-refractivity contribution in [1.29, 1.82) is 0 Å². The fourth-order valence-electron chi connectivity index (χ4n) is 1.48. The van der Waals surface area contributed by atoms with Crippen LogP contribution in [0.15, 0.2) is 42.0 Å². The van der Waals surface area contributed by atoms with Crippen molar-refractivity contribution in [3.63, 3.8) is 0 Å². The maximum atomic E-state index is 11.3. The van der Waals surface area contributed by atoms with E-state index in [0.29, 0.717) is 31.8 Å². The van der Waals surface area contributed by atoms with E-state index in [1.54, 1.807) is 6.08 Å². The second kappa shape index (κ2) is 9.16. The molecule has 0 fully saturated rings. The van der Waals surface area contributed by atoms with Crippen molar-refractivity contribution in [2.45, 2.75) is 13.3 Å². The van der Waals surface area contributed by atoms with Crippen molar-refractivity contribution in [2.75, 3.05) is 26.9 Å². The standard InChI is InChI=1S/C15H20O4/c1-3-13(15(16)17-2)9-10-18-11-12-19-14-7-5-4-6-8-14/h4-9H,3,10-12H2,1-2H3. The second-order valence-corrected chi connectivity index (χ2v) is 3.81. The van der Waals surface area contributed by atoms with Crippen molar-refractivity contribution < 1.29 is 19.0 Å². The smallest absolute Gasteiger partial charge is 0.333 e. The molecule has 0 aliphatic carbocycles. The Morgan fingerprint density at radius 3 is 2.58 bits per heavy atom. The molecule has 0 bridgehead atoms. The lowest BCUT2D eigenvalue weighted by molar-refractivity contribution is -0.136. The van der Waals surface area contributed by atoms with E-state index in [1.165, 1.54) is 7.11 Å². The minimum Gasteiger partial charge on any atom is -0.491 e. The lowest BCUT2D eigenvalue weighted by Crippen LogP contribution is -2.08. The molecule has 1 rings (SSSR count). The molecule has 4 nitrogen and oxygen atoms in total. The van der Waals surface area contributed by atoms with Gasteiger partial charge in [-0.05, 0) is 24.6 Å². The highest BCUT2D eigenvalue weighted by Gasteiger charge is 2.05. The fraction of sp³-hybridized carbons (Fsp3) is 0.400. The Labute approximate surface area is 114 Å². The van der Waals surface area contributed by atoms with Gasteiger partial charge in [0, 0.05) is 5.57 Å². The molecule has 0 heterocycles. The number of para-hydroxylation sites is 1. The summed E-state index contributed by atoms with van der Waals surface area (Å²) in [6.07, 6.45) is 2.38. The van der Waals surface area contributed by atoms with Crippen LogP contribution in [0.4, 0.5) is 0 Å². The maximum absolute atomic E-state index is 11.3. The summed E-state index contributed by atoms with van der Waals surface area (Å²) in [5, 5.41) is 0. The average Bonchev–Trinajstić information content (AvgIpc) is 2.47. The summed E-state index contributed by atoms with van der Waals surface area (Å²) in [4.78, 5) is 11.3. The molecule has 0 amide bonds. The first kappa shape index (κ1) is 15.2. The third kappa shape index (κ3) is 6.06. The van der Waals surface area contributed by atoms with Gasteiger partial charge in [-0.15, -0.1) is 0 Å². The van der Waals surface area contributed by atoms with Crippen LogP contribution in [-0.2, 0) is 14.3 Å². The van der Waals surface area contributed by atoms with Crippen molar-refractivity contribution in [3.8, 4) is 5.75 Å². The summed E-state index contributed by atoms with van der Waals surface area (Å²) in [5.41, 5.74) is 0.631. The molecule has 104 valence electrons. The number of hydrogen-bond donors (Lipinski definition) is 0. The molecule has 0 atom stereocenters. The van der Waals surface area contributed by atoms with E-state index in [1.807, 2.05) is 37.3 Å². The SMILES string of the molecule is CCC(=CCOCCOc1ccccc1)C(=O)OC. The first-order valence-electron chi connectivity index (χ1n) is 6.30. The highest BCUT2D eigenvalue weighted by molar-refractivity contribution is 5.88. The molecule has 0 radical (unpaired) electrons. The normalized spacial score (nSPS) is 11.2. The Morgan fingerprint density at radius 2 is 1.95 bits per heavy atom. The van der Waals surface area contributed by atoms with Crippen molar-refractivity contribution >= 4 is 5.97 Å². The Kier molecular flexibility index (Phi) is 7.35. The van der Waals surface area contributed by atoms with Crippen LogP contribution < -0.4 is 4.74 Å². The third-order valence-corrected chi connectivity index (χ3v) is 2.52. The quantitative estimate of drug-likeness (QED) is 0.411. The van der Waals surface area contributed by atoms with Crippen LogP contribution in [-0.4, -0.2) is 32.9 Å². The molecule has 0 spiro atoms. The van der Waals surface area contributed by atoms with Gasteiger partial charge in [0.25, 0.3) is 0 Å². The molecular formula is C15H20O4. The van der Waals surface area contributed by atoms with Crippen LogP contribution in [0.2, 0.25) is 0 Å². The van der Waals surface area contributed by atoms with Gasteiger partial charge in [-0.25, -0.2) is 4.79 Å². The lowest BCUT2D eigenvalue weighted by Gasteiger charge is -2.06. The van der Waals surface area contributed by atoms with E-state index in [4.69, 9.17) is 9.47 Å². The van der Waals surface area contributed by atoms with Gasteiger partial charge < -0.3 is 14.2 Å². The summed E-state index contributed by atoms with van der Waals surface area (Å²) < 4.78 is 15.5. The second-order valence-electron chi connectivity index (χ2n) is 3.81. The number of ether oxygens (including phenoxy) is 3. The van der Waals surface area contributed by atoms with Crippen LogP contribution >= 0.6 is 0 Å². The summed E-state index contributed by atoms with van der Waals surface area (Å²) in [6, 6.07) is 9.57. The van der Waals surface area contributed by atoms with Crippen LogP contribution in [0.3, 0.4) is 0 Å². The lowest BCUT2D eigenvalue weighted by atomic mass is 10.2. The predicted molar refractivity (Wildman–Crippen MR) is 73.1 cm³/mol. The van der Waals surface area contributed by atoms with E-state index in [0.717, 1.165) is 5.75 Å². The molecule has 0 unspecified atom stereocenters. The van der Waals surface area contributed by atoms with Crippen LogP contribution in [0.25, 0.3) is 0 Å². The molecule has 4 heteroatoms. The van der Waals surface area contributed by atoms with E-state index in [-0.39, 0.29) is 5.97 Å². The molecule has 1 aromatic rings. The van der Waals surface area contributed by atoms with Crippen LogP contribution in [0, 0.1) is 0 Å². The van der Waals surface area contributed by atoms with Gasteiger partial charge in [0.2, 0.25) is 0 Å². The Morgan fingerprint density at radius 1 is 1.21 bits per heavy atom. The number of rotatable bonds is 8. The van der Waals surface area contributed by atoms with Crippen molar-refractivity contribution in [1.82, 2.24) is 0 Å². The minimum atomic E-state index is -0.299. The number of esters is 1. The molecule has 0 aromatic heterocycles. The minimum absolute atomic E-state index is 0.299. The van der Waals surface area contributed by atoms with Gasteiger partial charge in [0.15, 0.2) is 0 Å². The number of carbonyl (C=O) groups is 1. The molecule has 0 aliphatic rings. The summed E-state index contributed by atoms with van der Waals surface area (Å²) in [7, 11) is 1.38. The van der Waals surface area contributed by atoms with Gasteiger partial charge in [-0.3, -0.25) is 0 Å². The number of hydrogen-bond acceptors (Lipinski definition) is 4. The van der Waals surface area contributed by atoms with Gasteiger partial charge in [-0.2, -0.15) is 0 Å². The van der Waals surface area contributed by atoms with E-state index in [9.17, 15) is 4.79 Å². The highest BCUT2D eigenvalue weighted by atomic mass is 16.5. The summed E-state index contributed by atoms with van der Waals surface area (Å²) in [5.74, 6) is 0.525. The van der Waals surface area contributed by atoms with E-state index in [2.05, 4.69) is 4.74 Å². The zero-order chi connectivity index (χ0) is 13.9. The Hall–Kier alpha value is -1.81. The Balaban J connectivity index is 2.17. The average molecular weight is 264 g/mol. The number of carbonyl (C=O) groups excluding carboxylic acids is 1. The zero-order valence-electron chi connectivity index (χ0n) is 11.4. The predicted octanol–water partition coefficient (Wildman–Crippen LogP) is 2.59. The van der Waals surface area contributed by atoms with Crippen molar-refractivity contribution in [2.24, 2.45) is 0 Å². The van der Waals surface area contributed by atoms with Gasteiger partial charge in [0.1, 0.15) is 12.4 Å². The first-order valence-corrected chi connectivity index (χ1v) is 6.30. The maximum Gasteiger partial charge on any atom is 0.333 e. The van der Waals surface area contributed by atoms with Crippen LogP contribution in [0.5, 0.6) is 5.75 Å². The van der Waals surface area contributed by atoms with E-state index >= 15 is 0 Å². The summed E-state index contributed by atoms with van der Waals surface area (Å²) >= 11 is 0. The molecule has 0 saturated carbocycles. The third-order valence-electron chi connectivity index (χ3n) is 2.52. The molecule has 1 aromatic carbocycles. The number of methoxy groups -OCH3 is 1. The Bertz CT molecular complexity index is 398. The van der Waals surface area contributed by atoms with Crippen LogP contribution in [0.1, 0.15) is 13.3 Å². The zero-order valence-corrected chi connectivity index (χ0v) is 11.4. The van der Waals surface area contributed by atoms with Gasteiger partial charge in [-0.1, -0.05) is 25.1 Å². The fourth-order valence-corrected chi connectivity index (χ4v) is 1.48.